The standard InChI is InChI=1S/C17H20N2O2/c1-3-8-15-14(17(20)21-4-2)12-18-16(19-15)11-13-9-6-5-7-10-13/h5-7,9-10,12H,3-4,8,11H2,1-2H3. The van der Waals surface area contributed by atoms with Gasteiger partial charge in [-0.05, 0) is 18.9 Å². The van der Waals surface area contributed by atoms with Crippen molar-refractivity contribution in [1.82, 2.24) is 9.97 Å². The van der Waals surface area contributed by atoms with Crippen molar-refractivity contribution in [2.45, 2.75) is 33.1 Å². The summed E-state index contributed by atoms with van der Waals surface area (Å²) in [4.78, 5) is 20.8. The molecule has 21 heavy (non-hydrogen) atoms. The quantitative estimate of drug-likeness (QED) is 0.764. The van der Waals surface area contributed by atoms with Gasteiger partial charge in [-0.2, -0.15) is 0 Å². The van der Waals surface area contributed by atoms with Gasteiger partial charge in [-0.3, -0.25) is 0 Å². The van der Waals surface area contributed by atoms with Crippen LogP contribution in [0.25, 0.3) is 0 Å². The number of rotatable bonds is 6. The normalized spacial score (nSPS) is 10.4. The van der Waals surface area contributed by atoms with Crippen LogP contribution < -0.4 is 0 Å². The number of carbonyl (C=O) groups is 1. The Balaban J connectivity index is 2.25. The SMILES string of the molecule is CCCc1nc(Cc2ccccc2)ncc1C(=O)OCC. The molecule has 4 nitrogen and oxygen atoms in total. The van der Waals surface area contributed by atoms with Gasteiger partial charge >= 0.3 is 5.97 Å². The Morgan fingerprint density at radius 3 is 2.62 bits per heavy atom. The van der Waals surface area contributed by atoms with Crippen LogP contribution >= 0.6 is 0 Å². The molecule has 0 radical (unpaired) electrons. The van der Waals surface area contributed by atoms with E-state index in [1.807, 2.05) is 30.3 Å². The second-order valence-corrected chi connectivity index (χ2v) is 4.78. The van der Waals surface area contributed by atoms with Crippen molar-refractivity contribution in [3.63, 3.8) is 0 Å². The van der Waals surface area contributed by atoms with Crippen molar-refractivity contribution in [1.29, 1.82) is 0 Å². The highest BCUT2D eigenvalue weighted by atomic mass is 16.5. The van der Waals surface area contributed by atoms with E-state index in [0.717, 1.165) is 29.9 Å². The predicted molar refractivity (Wildman–Crippen MR) is 81.2 cm³/mol. The van der Waals surface area contributed by atoms with E-state index in [2.05, 4.69) is 16.9 Å². The van der Waals surface area contributed by atoms with Crippen LogP contribution in [0.2, 0.25) is 0 Å². The summed E-state index contributed by atoms with van der Waals surface area (Å²) in [7, 11) is 0. The van der Waals surface area contributed by atoms with E-state index in [1.54, 1.807) is 13.1 Å². The maximum absolute atomic E-state index is 11.9. The van der Waals surface area contributed by atoms with Gasteiger partial charge in [-0.15, -0.1) is 0 Å². The first kappa shape index (κ1) is 15.2. The van der Waals surface area contributed by atoms with Crippen molar-refractivity contribution in [2.24, 2.45) is 0 Å². The second kappa shape index (κ2) is 7.53. The minimum atomic E-state index is -0.341. The molecule has 0 aliphatic carbocycles. The van der Waals surface area contributed by atoms with Gasteiger partial charge < -0.3 is 4.74 Å². The first-order chi connectivity index (χ1) is 10.2. The predicted octanol–water partition coefficient (Wildman–Crippen LogP) is 3.20. The van der Waals surface area contributed by atoms with Crippen molar-refractivity contribution in [3.8, 4) is 0 Å². The average molecular weight is 284 g/mol. The molecule has 0 unspecified atom stereocenters. The molecule has 0 aliphatic heterocycles. The Hall–Kier alpha value is -2.23. The Morgan fingerprint density at radius 2 is 1.95 bits per heavy atom. The molecule has 0 saturated heterocycles. The molecule has 0 bridgehead atoms. The average Bonchev–Trinajstić information content (AvgIpc) is 2.49. The number of aryl methyl sites for hydroxylation is 1. The summed E-state index contributed by atoms with van der Waals surface area (Å²) in [5.41, 5.74) is 2.41. The third-order valence-corrected chi connectivity index (χ3v) is 3.10. The maximum Gasteiger partial charge on any atom is 0.341 e. The molecular weight excluding hydrogens is 264 g/mol. The molecule has 0 N–H and O–H groups in total. The van der Waals surface area contributed by atoms with Gasteiger partial charge in [-0.1, -0.05) is 43.7 Å². The minimum Gasteiger partial charge on any atom is -0.462 e. The zero-order chi connectivity index (χ0) is 15.1. The lowest BCUT2D eigenvalue weighted by Crippen LogP contribution is -2.12. The number of hydrogen-bond acceptors (Lipinski definition) is 4. The number of carbonyl (C=O) groups excluding carboxylic acids is 1. The summed E-state index contributed by atoms with van der Waals surface area (Å²) in [6.45, 7) is 4.21. The molecule has 2 rings (SSSR count). The van der Waals surface area contributed by atoms with Crippen molar-refractivity contribution in [3.05, 3.63) is 59.2 Å². The van der Waals surface area contributed by atoms with Gasteiger partial charge in [-0.25, -0.2) is 14.8 Å². The van der Waals surface area contributed by atoms with Crippen LogP contribution in [0.1, 0.15) is 47.7 Å². The van der Waals surface area contributed by atoms with Crippen LogP contribution in [0.5, 0.6) is 0 Å². The Bertz CT molecular complexity index is 597. The monoisotopic (exact) mass is 284 g/mol. The van der Waals surface area contributed by atoms with Crippen molar-refractivity contribution in [2.75, 3.05) is 6.61 Å². The van der Waals surface area contributed by atoms with Crippen LogP contribution in [-0.2, 0) is 17.6 Å². The number of nitrogens with zero attached hydrogens (tertiary/aromatic N) is 2. The third kappa shape index (κ3) is 4.12. The fourth-order valence-corrected chi connectivity index (χ4v) is 2.13. The molecule has 1 aromatic carbocycles. The minimum absolute atomic E-state index is 0.341. The Kier molecular flexibility index (Phi) is 5.43. The summed E-state index contributed by atoms with van der Waals surface area (Å²) < 4.78 is 5.05. The maximum atomic E-state index is 11.9. The lowest BCUT2D eigenvalue weighted by molar-refractivity contribution is 0.0524. The summed E-state index contributed by atoms with van der Waals surface area (Å²) in [6, 6.07) is 10.1. The van der Waals surface area contributed by atoms with Gasteiger partial charge in [0.1, 0.15) is 5.82 Å². The third-order valence-electron chi connectivity index (χ3n) is 3.10. The van der Waals surface area contributed by atoms with Gasteiger partial charge in [0.2, 0.25) is 0 Å². The Morgan fingerprint density at radius 1 is 1.19 bits per heavy atom. The molecule has 0 aliphatic rings. The molecule has 1 heterocycles. The number of aromatic nitrogens is 2. The van der Waals surface area contributed by atoms with E-state index >= 15 is 0 Å². The van der Waals surface area contributed by atoms with Crippen molar-refractivity contribution < 1.29 is 9.53 Å². The summed E-state index contributed by atoms with van der Waals surface area (Å²) in [5.74, 6) is 0.393. The smallest absolute Gasteiger partial charge is 0.341 e. The van der Waals surface area contributed by atoms with E-state index < -0.39 is 0 Å². The summed E-state index contributed by atoms with van der Waals surface area (Å²) >= 11 is 0. The zero-order valence-electron chi connectivity index (χ0n) is 12.5. The molecule has 110 valence electrons. The molecular formula is C17H20N2O2. The number of esters is 1. The largest absolute Gasteiger partial charge is 0.462 e. The first-order valence-electron chi connectivity index (χ1n) is 7.30. The molecule has 1 aromatic heterocycles. The van der Waals surface area contributed by atoms with Gasteiger partial charge in [0.15, 0.2) is 0 Å². The molecule has 0 spiro atoms. The van der Waals surface area contributed by atoms with Crippen LogP contribution in [0.3, 0.4) is 0 Å². The lowest BCUT2D eigenvalue weighted by atomic mass is 10.1. The summed E-state index contributed by atoms with van der Waals surface area (Å²) in [6.07, 6.45) is 3.93. The Labute approximate surface area is 125 Å². The molecule has 0 amide bonds. The zero-order valence-corrected chi connectivity index (χ0v) is 12.5. The molecule has 0 fully saturated rings. The van der Waals surface area contributed by atoms with E-state index in [-0.39, 0.29) is 5.97 Å². The van der Waals surface area contributed by atoms with Gasteiger partial charge in [0.25, 0.3) is 0 Å². The van der Waals surface area contributed by atoms with E-state index in [0.29, 0.717) is 18.6 Å². The van der Waals surface area contributed by atoms with E-state index in [4.69, 9.17) is 4.74 Å². The number of ether oxygens (including phenoxy) is 1. The first-order valence-corrected chi connectivity index (χ1v) is 7.30. The molecule has 2 aromatic rings. The highest BCUT2D eigenvalue weighted by Gasteiger charge is 2.15. The highest BCUT2D eigenvalue weighted by Crippen LogP contribution is 2.12. The van der Waals surface area contributed by atoms with E-state index in [1.165, 1.54) is 0 Å². The summed E-state index contributed by atoms with van der Waals surface area (Å²) in [5, 5.41) is 0. The number of benzene rings is 1. The van der Waals surface area contributed by atoms with Crippen LogP contribution in [0.15, 0.2) is 36.5 Å². The second-order valence-electron chi connectivity index (χ2n) is 4.78. The lowest BCUT2D eigenvalue weighted by Gasteiger charge is -2.09. The van der Waals surface area contributed by atoms with E-state index in [9.17, 15) is 4.79 Å². The van der Waals surface area contributed by atoms with Crippen LogP contribution in [0.4, 0.5) is 0 Å². The molecule has 0 atom stereocenters. The van der Waals surface area contributed by atoms with Gasteiger partial charge in [0, 0.05) is 12.6 Å². The highest BCUT2D eigenvalue weighted by molar-refractivity contribution is 5.90. The van der Waals surface area contributed by atoms with Crippen LogP contribution in [0, 0.1) is 0 Å². The molecule has 4 heteroatoms. The van der Waals surface area contributed by atoms with Gasteiger partial charge in [0.05, 0.1) is 17.9 Å². The topological polar surface area (TPSA) is 52.1 Å². The van der Waals surface area contributed by atoms with Crippen LogP contribution in [-0.4, -0.2) is 22.5 Å². The fraction of sp³-hybridized carbons (Fsp3) is 0.353. The number of hydrogen-bond donors (Lipinski definition) is 0. The molecule has 0 saturated carbocycles. The van der Waals surface area contributed by atoms with Crippen molar-refractivity contribution >= 4 is 5.97 Å². The fourth-order valence-electron chi connectivity index (χ4n) is 2.13.